The monoisotopic (exact) mass is 402 g/mol. The van der Waals surface area contributed by atoms with Crippen LogP contribution in [-0.4, -0.2) is 6.54 Å². The second-order valence-corrected chi connectivity index (χ2v) is 6.26. The van der Waals surface area contributed by atoms with Crippen molar-refractivity contribution in [2.24, 2.45) is 5.73 Å². The van der Waals surface area contributed by atoms with E-state index in [2.05, 4.69) is 49.3 Å². The lowest BCUT2D eigenvalue weighted by atomic mass is 10.1. The molecule has 0 aliphatic rings. The lowest BCUT2D eigenvalue weighted by Gasteiger charge is -2.19. The summed E-state index contributed by atoms with van der Waals surface area (Å²) in [6.07, 6.45) is 0. The molecular formula is C14H13Br2ClN2. The van der Waals surface area contributed by atoms with Gasteiger partial charge in [-0.15, -0.1) is 0 Å². The molecule has 0 aromatic heterocycles. The highest BCUT2D eigenvalue weighted by atomic mass is 79.9. The maximum Gasteiger partial charge on any atom is 0.0636 e. The SMILES string of the molecule is NCC(Nc1ccc(Cl)cc1)c1ccc(Br)c(Br)c1. The highest BCUT2D eigenvalue weighted by Crippen LogP contribution is 2.28. The van der Waals surface area contributed by atoms with Crippen molar-refractivity contribution in [3.05, 3.63) is 62.0 Å². The third kappa shape index (κ3) is 3.96. The van der Waals surface area contributed by atoms with Gasteiger partial charge in [-0.25, -0.2) is 0 Å². The molecule has 1 atom stereocenters. The molecule has 2 nitrogen and oxygen atoms in total. The largest absolute Gasteiger partial charge is 0.377 e. The van der Waals surface area contributed by atoms with E-state index >= 15 is 0 Å². The van der Waals surface area contributed by atoms with Crippen LogP contribution in [0.1, 0.15) is 11.6 Å². The van der Waals surface area contributed by atoms with E-state index in [1.165, 1.54) is 0 Å². The van der Waals surface area contributed by atoms with E-state index in [1.54, 1.807) is 0 Å². The number of hydrogen-bond acceptors (Lipinski definition) is 2. The predicted octanol–water partition coefficient (Wildman–Crippen LogP) is 4.98. The van der Waals surface area contributed by atoms with Gasteiger partial charge in [0, 0.05) is 26.2 Å². The second-order valence-electron chi connectivity index (χ2n) is 4.11. The van der Waals surface area contributed by atoms with Crippen LogP contribution in [0.25, 0.3) is 0 Å². The molecule has 0 fully saturated rings. The third-order valence-electron chi connectivity index (χ3n) is 2.77. The zero-order valence-electron chi connectivity index (χ0n) is 10.0. The van der Waals surface area contributed by atoms with E-state index < -0.39 is 0 Å². The van der Waals surface area contributed by atoms with Crippen LogP contribution in [0.3, 0.4) is 0 Å². The molecule has 2 rings (SSSR count). The number of nitrogens with one attached hydrogen (secondary N) is 1. The van der Waals surface area contributed by atoms with Crippen LogP contribution < -0.4 is 11.1 Å². The Morgan fingerprint density at radius 2 is 1.74 bits per heavy atom. The Morgan fingerprint density at radius 3 is 2.32 bits per heavy atom. The lowest BCUT2D eigenvalue weighted by Crippen LogP contribution is -2.20. The van der Waals surface area contributed by atoms with Crippen molar-refractivity contribution in [2.75, 3.05) is 11.9 Å². The van der Waals surface area contributed by atoms with Crippen LogP contribution in [0.4, 0.5) is 5.69 Å². The third-order valence-corrected chi connectivity index (χ3v) is 4.90. The van der Waals surface area contributed by atoms with Crippen LogP contribution in [0, 0.1) is 0 Å². The fourth-order valence-corrected chi connectivity index (χ4v) is 2.52. The average molecular weight is 405 g/mol. The predicted molar refractivity (Wildman–Crippen MR) is 88.7 cm³/mol. The fourth-order valence-electron chi connectivity index (χ4n) is 1.75. The van der Waals surface area contributed by atoms with Gasteiger partial charge in [0.1, 0.15) is 0 Å². The molecule has 0 bridgehead atoms. The smallest absolute Gasteiger partial charge is 0.0636 e. The standard InChI is InChI=1S/C14H13Br2ClN2/c15-12-6-1-9(7-13(12)16)14(8-18)19-11-4-2-10(17)3-5-11/h1-7,14,19H,8,18H2. The summed E-state index contributed by atoms with van der Waals surface area (Å²) in [5.41, 5.74) is 7.99. The topological polar surface area (TPSA) is 38.0 Å². The Kier molecular flexibility index (Phi) is 5.28. The summed E-state index contributed by atoms with van der Waals surface area (Å²) in [7, 11) is 0. The zero-order chi connectivity index (χ0) is 13.8. The Hall–Kier alpha value is -0.550. The molecule has 100 valence electrons. The number of rotatable bonds is 4. The first-order valence-corrected chi connectivity index (χ1v) is 7.73. The van der Waals surface area contributed by atoms with Crippen molar-refractivity contribution >= 4 is 49.1 Å². The Labute approximate surface area is 134 Å². The fraction of sp³-hybridized carbons (Fsp3) is 0.143. The van der Waals surface area contributed by atoms with E-state index in [1.807, 2.05) is 30.3 Å². The van der Waals surface area contributed by atoms with Crippen molar-refractivity contribution in [2.45, 2.75) is 6.04 Å². The van der Waals surface area contributed by atoms with Crippen molar-refractivity contribution in [3.8, 4) is 0 Å². The van der Waals surface area contributed by atoms with E-state index in [4.69, 9.17) is 17.3 Å². The molecule has 0 saturated heterocycles. The average Bonchev–Trinajstić information content (AvgIpc) is 2.41. The number of halogens is 3. The molecule has 19 heavy (non-hydrogen) atoms. The molecule has 2 aromatic carbocycles. The van der Waals surface area contributed by atoms with Crippen LogP contribution in [0.2, 0.25) is 5.02 Å². The highest BCUT2D eigenvalue weighted by Gasteiger charge is 2.10. The van der Waals surface area contributed by atoms with E-state index in [0.29, 0.717) is 6.54 Å². The molecule has 5 heteroatoms. The van der Waals surface area contributed by atoms with Gasteiger partial charge in [-0.3, -0.25) is 0 Å². The maximum atomic E-state index is 5.87. The number of hydrogen-bond donors (Lipinski definition) is 2. The van der Waals surface area contributed by atoms with Crippen molar-refractivity contribution in [1.29, 1.82) is 0 Å². The minimum absolute atomic E-state index is 0.0607. The number of anilines is 1. The first-order valence-electron chi connectivity index (χ1n) is 5.77. The Morgan fingerprint density at radius 1 is 1.05 bits per heavy atom. The summed E-state index contributed by atoms with van der Waals surface area (Å²) >= 11 is 12.8. The molecule has 0 amide bonds. The van der Waals surface area contributed by atoms with Gasteiger partial charge in [0.25, 0.3) is 0 Å². The molecule has 0 aliphatic carbocycles. The van der Waals surface area contributed by atoms with E-state index in [9.17, 15) is 0 Å². The van der Waals surface area contributed by atoms with Crippen LogP contribution in [0.5, 0.6) is 0 Å². The van der Waals surface area contributed by atoms with Gasteiger partial charge in [0.2, 0.25) is 0 Å². The zero-order valence-corrected chi connectivity index (χ0v) is 14.0. The van der Waals surface area contributed by atoms with Crippen molar-refractivity contribution in [1.82, 2.24) is 0 Å². The molecule has 0 saturated carbocycles. The molecule has 3 N–H and O–H groups in total. The van der Waals surface area contributed by atoms with Gasteiger partial charge in [0.05, 0.1) is 6.04 Å². The summed E-state index contributed by atoms with van der Waals surface area (Å²) < 4.78 is 2.04. The number of nitrogens with two attached hydrogens (primary N) is 1. The van der Waals surface area contributed by atoms with Crippen LogP contribution in [0.15, 0.2) is 51.4 Å². The number of benzene rings is 2. The summed E-state index contributed by atoms with van der Waals surface area (Å²) in [5, 5.41) is 4.12. The minimum Gasteiger partial charge on any atom is -0.377 e. The second kappa shape index (κ2) is 6.75. The van der Waals surface area contributed by atoms with Crippen molar-refractivity contribution in [3.63, 3.8) is 0 Å². The molecule has 0 radical (unpaired) electrons. The summed E-state index contributed by atoms with van der Waals surface area (Å²) in [6, 6.07) is 13.8. The molecule has 2 aromatic rings. The van der Waals surface area contributed by atoms with E-state index in [0.717, 1.165) is 25.2 Å². The molecule has 1 unspecified atom stereocenters. The van der Waals surface area contributed by atoms with Gasteiger partial charge in [-0.1, -0.05) is 17.7 Å². The Bertz CT molecular complexity index is 558. The van der Waals surface area contributed by atoms with Gasteiger partial charge in [0.15, 0.2) is 0 Å². The normalized spacial score (nSPS) is 12.2. The molecular weight excluding hydrogens is 391 g/mol. The quantitative estimate of drug-likeness (QED) is 0.754. The molecule has 0 heterocycles. The van der Waals surface area contributed by atoms with Crippen LogP contribution >= 0.6 is 43.5 Å². The van der Waals surface area contributed by atoms with Gasteiger partial charge >= 0.3 is 0 Å². The van der Waals surface area contributed by atoms with Gasteiger partial charge < -0.3 is 11.1 Å². The highest BCUT2D eigenvalue weighted by molar-refractivity contribution is 9.13. The maximum absolute atomic E-state index is 5.87. The van der Waals surface area contributed by atoms with E-state index in [-0.39, 0.29) is 6.04 Å². The molecule has 0 aliphatic heterocycles. The van der Waals surface area contributed by atoms with Gasteiger partial charge in [-0.05, 0) is 73.8 Å². The summed E-state index contributed by atoms with van der Waals surface area (Å²) in [4.78, 5) is 0. The first kappa shape index (κ1) is 14.9. The first-order chi connectivity index (χ1) is 9.10. The minimum atomic E-state index is 0.0607. The van der Waals surface area contributed by atoms with Crippen molar-refractivity contribution < 1.29 is 0 Å². The lowest BCUT2D eigenvalue weighted by molar-refractivity contribution is 0.789. The summed E-state index contributed by atoms with van der Waals surface area (Å²) in [6.45, 7) is 0.511. The Balaban J connectivity index is 2.19. The summed E-state index contributed by atoms with van der Waals surface area (Å²) in [5.74, 6) is 0. The molecule has 0 spiro atoms. The van der Waals surface area contributed by atoms with Crippen LogP contribution in [-0.2, 0) is 0 Å². The van der Waals surface area contributed by atoms with Gasteiger partial charge in [-0.2, -0.15) is 0 Å².